The molecule has 0 aliphatic carbocycles. The molecule has 13 heavy (non-hydrogen) atoms. The highest BCUT2D eigenvalue weighted by Crippen LogP contribution is 2.59. The average molecular weight is 205 g/mol. The van der Waals surface area contributed by atoms with Gasteiger partial charge < -0.3 is 18.7 Å². The largest absolute Gasteiger partial charge is 0.452 e. The van der Waals surface area contributed by atoms with Gasteiger partial charge >= 0.3 is 5.97 Å². The quantitative estimate of drug-likeness (QED) is 0.398. The van der Waals surface area contributed by atoms with E-state index in [-0.39, 0.29) is 12.8 Å². The summed E-state index contributed by atoms with van der Waals surface area (Å²) in [6.07, 6.45) is 4.62. The highest BCUT2D eigenvalue weighted by Gasteiger charge is 2.35. The van der Waals surface area contributed by atoms with E-state index >= 15 is 0 Å². The molecule has 1 aliphatic heterocycles. The van der Waals surface area contributed by atoms with Gasteiger partial charge in [-0.15, -0.1) is 6.42 Å². The molecule has 5 nitrogen and oxygen atoms in total. The Morgan fingerprint density at radius 1 is 1.62 bits per heavy atom. The predicted molar refractivity (Wildman–Crippen MR) is 45.7 cm³/mol. The summed E-state index contributed by atoms with van der Waals surface area (Å²) in [5, 5.41) is 0. The van der Waals surface area contributed by atoms with Gasteiger partial charge in [0, 0.05) is 0 Å². The summed E-state index contributed by atoms with van der Waals surface area (Å²) in [5.74, 6) is 1.54. The van der Waals surface area contributed by atoms with Gasteiger partial charge in [0.25, 0.3) is 0 Å². The molecule has 1 fully saturated rings. The predicted octanol–water partition coefficient (Wildman–Crippen LogP) is -0.0355. The van der Waals surface area contributed by atoms with E-state index in [1.54, 1.807) is 0 Å². The first-order valence-electron chi connectivity index (χ1n) is 3.65. The zero-order valence-corrected chi connectivity index (χ0v) is 7.83. The van der Waals surface area contributed by atoms with Gasteiger partial charge in [0.15, 0.2) is 6.61 Å². The van der Waals surface area contributed by atoms with Gasteiger partial charge in [-0.2, -0.15) is 0 Å². The van der Waals surface area contributed by atoms with Crippen molar-refractivity contribution in [2.24, 2.45) is 0 Å². The number of carbonyl (C=O) groups excluding carboxylic acids is 1. The Labute approximate surface area is 76.6 Å². The molecule has 0 bridgehead atoms. The summed E-state index contributed by atoms with van der Waals surface area (Å²) in [6.45, 7) is 0.526. The van der Waals surface area contributed by atoms with Gasteiger partial charge in [-0.25, -0.2) is 0 Å². The summed E-state index contributed by atoms with van der Waals surface area (Å²) >= 11 is 0. The van der Waals surface area contributed by atoms with Gasteiger partial charge in [-0.1, -0.05) is 5.92 Å². The third kappa shape index (κ3) is 3.29. The molecule has 0 aromatic heterocycles. The van der Waals surface area contributed by atoms with E-state index in [0.717, 1.165) is 0 Å². The summed E-state index contributed by atoms with van der Waals surface area (Å²) in [5.41, 5.74) is 0. The molecule has 73 valence electrons. The number of ether oxygens (including phenoxy) is 1. The number of esters is 1. The van der Waals surface area contributed by atoms with Crippen LogP contribution in [-0.2, 0) is 18.6 Å². The molecule has 1 N–H and O–H groups in total. The van der Waals surface area contributed by atoms with Crippen LogP contribution in [0.1, 0.15) is 0 Å². The third-order valence-corrected chi connectivity index (χ3v) is 3.14. The Bertz CT molecular complexity index is 228. The molecule has 1 saturated heterocycles. The molecule has 0 aromatic rings. The van der Waals surface area contributed by atoms with Crippen molar-refractivity contribution in [3.63, 3.8) is 0 Å². The second-order valence-corrected chi connectivity index (χ2v) is 4.43. The minimum Gasteiger partial charge on any atom is -0.452 e. The number of carbonyl (C=O) groups is 1. The molecule has 0 aromatic carbocycles. The van der Waals surface area contributed by atoms with Crippen LogP contribution < -0.4 is 0 Å². The number of hydrogen-bond acceptors (Lipinski definition) is 5. The van der Waals surface area contributed by atoms with E-state index in [1.165, 1.54) is 0 Å². The SMILES string of the molecule is C#CCOC(=O)C[P]1(O)OCCO1. The highest BCUT2D eigenvalue weighted by molar-refractivity contribution is 7.61. The van der Waals surface area contributed by atoms with Gasteiger partial charge in [0.05, 0.1) is 13.2 Å². The Morgan fingerprint density at radius 3 is 2.77 bits per heavy atom. The monoisotopic (exact) mass is 205 g/mol. The molecule has 6 heteroatoms. The van der Waals surface area contributed by atoms with Gasteiger partial charge in [-0.3, -0.25) is 4.79 Å². The summed E-state index contributed by atoms with van der Waals surface area (Å²) in [4.78, 5) is 20.4. The van der Waals surface area contributed by atoms with Crippen molar-refractivity contribution >= 4 is 13.9 Å². The second kappa shape index (κ2) is 4.54. The minimum atomic E-state index is -2.96. The lowest BCUT2D eigenvalue weighted by atomic mass is 10.7. The first-order valence-corrected chi connectivity index (χ1v) is 5.41. The molecule has 0 unspecified atom stereocenters. The topological polar surface area (TPSA) is 65.0 Å². The zero-order valence-electron chi connectivity index (χ0n) is 6.93. The smallest absolute Gasteiger partial charge is 0.317 e. The maximum atomic E-state index is 11.0. The van der Waals surface area contributed by atoms with Crippen molar-refractivity contribution in [2.75, 3.05) is 26.0 Å². The zero-order chi connectivity index (χ0) is 9.73. The fourth-order valence-electron chi connectivity index (χ4n) is 0.819. The lowest BCUT2D eigenvalue weighted by molar-refractivity contribution is -0.139. The Morgan fingerprint density at radius 2 is 2.23 bits per heavy atom. The molecule has 0 saturated carbocycles. The number of rotatable bonds is 3. The lowest BCUT2D eigenvalue weighted by Crippen LogP contribution is -2.13. The first-order chi connectivity index (χ1) is 6.16. The first kappa shape index (κ1) is 10.4. The van der Waals surface area contributed by atoms with Crippen LogP contribution in [0.5, 0.6) is 0 Å². The number of hydrogen-bond donors (Lipinski definition) is 1. The average Bonchev–Trinajstić information content (AvgIpc) is 2.48. The molecular formula is C7H10O5P. The summed E-state index contributed by atoms with van der Waals surface area (Å²) < 4.78 is 14.3. The summed E-state index contributed by atoms with van der Waals surface area (Å²) in [6, 6.07) is 0. The van der Waals surface area contributed by atoms with Crippen molar-refractivity contribution in [3.05, 3.63) is 0 Å². The molecular weight excluding hydrogens is 195 g/mol. The maximum absolute atomic E-state index is 11.0. The number of terminal acetylenes is 1. The van der Waals surface area contributed by atoms with Crippen LogP contribution in [0.2, 0.25) is 0 Å². The van der Waals surface area contributed by atoms with Gasteiger partial charge in [0.1, 0.15) is 6.16 Å². The van der Waals surface area contributed by atoms with Crippen LogP contribution in [0.3, 0.4) is 0 Å². The molecule has 1 heterocycles. The van der Waals surface area contributed by atoms with Crippen molar-refractivity contribution in [3.8, 4) is 12.3 Å². The van der Waals surface area contributed by atoms with E-state index in [2.05, 4.69) is 10.7 Å². The van der Waals surface area contributed by atoms with Crippen LogP contribution in [0.15, 0.2) is 0 Å². The Kier molecular flexibility index (Phi) is 3.64. The normalized spacial score (nSPS) is 19.4. The third-order valence-electron chi connectivity index (χ3n) is 1.31. The maximum Gasteiger partial charge on any atom is 0.317 e. The van der Waals surface area contributed by atoms with Gasteiger partial charge in [-0.05, 0) is 0 Å². The molecule has 0 atom stereocenters. The molecule has 1 aliphatic rings. The second-order valence-electron chi connectivity index (χ2n) is 2.33. The van der Waals surface area contributed by atoms with Crippen LogP contribution in [0, 0.1) is 12.3 Å². The Balaban J connectivity index is 2.31. The standard InChI is InChI=1S/C7H10O5P/c1-2-3-10-7(8)6-13(9)11-4-5-12-13/h1,9H,3-6H2. The fourth-order valence-corrected chi connectivity index (χ4v) is 2.21. The van der Waals surface area contributed by atoms with Crippen LogP contribution in [0.4, 0.5) is 0 Å². The lowest BCUT2D eigenvalue weighted by Gasteiger charge is -2.19. The summed E-state index contributed by atoms with van der Waals surface area (Å²) in [7, 11) is -2.96. The van der Waals surface area contributed by atoms with E-state index < -0.39 is 13.9 Å². The molecule has 1 radical (unpaired) electrons. The van der Waals surface area contributed by atoms with Crippen LogP contribution >= 0.6 is 7.94 Å². The van der Waals surface area contributed by atoms with Crippen molar-refractivity contribution < 1.29 is 23.5 Å². The fraction of sp³-hybridized carbons (Fsp3) is 0.571. The molecule has 1 rings (SSSR count). The van der Waals surface area contributed by atoms with Crippen LogP contribution in [-0.4, -0.2) is 36.8 Å². The minimum absolute atomic E-state index is 0.0984. The highest BCUT2D eigenvalue weighted by atomic mass is 31.2. The van der Waals surface area contributed by atoms with Gasteiger partial charge in [0.2, 0.25) is 7.94 Å². The van der Waals surface area contributed by atoms with E-state index in [1.807, 2.05) is 0 Å². The van der Waals surface area contributed by atoms with Crippen molar-refractivity contribution in [2.45, 2.75) is 0 Å². The molecule has 0 spiro atoms. The Hall–Kier alpha value is -0.660. The molecule has 0 amide bonds. The van der Waals surface area contributed by atoms with E-state index in [0.29, 0.717) is 13.2 Å². The van der Waals surface area contributed by atoms with Crippen LogP contribution in [0.25, 0.3) is 0 Å². The van der Waals surface area contributed by atoms with Crippen molar-refractivity contribution in [1.29, 1.82) is 0 Å². The van der Waals surface area contributed by atoms with E-state index in [9.17, 15) is 9.69 Å². The van der Waals surface area contributed by atoms with E-state index in [4.69, 9.17) is 15.5 Å². The van der Waals surface area contributed by atoms with Crippen molar-refractivity contribution in [1.82, 2.24) is 0 Å².